The van der Waals surface area contributed by atoms with Crippen LogP contribution in [-0.2, 0) is 21.4 Å². The highest BCUT2D eigenvalue weighted by Gasteiger charge is 2.53. The zero-order valence-corrected chi connectivity index (χ0v) is 14.8. The van der Waals surface area contributed by atoms with Crippen LogP contribution >= 0.6 is 0 Å². The molecule has 1 heterocycles. The molecule has 0 aromatic heterocycles. The molecule has 0 saturated carbocycles. The molecule has 1 saturated heterocycles. The summed E-state index contributed by atoms with van der Waals surface area (Å²) in [5.74, 6) is 0.705. The van der Waals surface area contributed by atoms with Crippen molar-refractivity contribution in [2.24, 2.45) is 0 Å². The van der Waals surface area contributed by atoms with Gasteiger partial charge in [-0.25, -0.2) is 0 Å². The minimum absolute atomic E-state index is 0.0135. The van der Waals surface area contributed by atoms with Crippen molar-refractivity contribution in [3.05, 3.63) is 29.3 Å². The summed E-state index contributed by atoms with van der Waals surface area (Å²) >= 11 is 0. The van der Waals surface area contributed by atoms with E-state index in [1.807, 2.05) is 32.3 Å². The summed E-state index contributed by atoms with van der Waals surface area (Å²) in [5.41, 5.74) is 1.51. The van der Waals surface area contributed by atoms with Gasteiger partial charge in [0, 0.05) is 13.0 Å². The number of carbonyl (C=O) groups is 2. The van der Waals surface area contributed by atoms with Gasteiger partial charge in [0.15, 0.2) is 0 Å². The summed E-state index contributed by atoms with van der Waals surface area (Å²) in [4.78, 5) is 29.3. The average molecular weight is 330 g/mol. The molecule has 1 aromatic carbocycles. The minimum Gasteiger partial charge on any atom is -0.497 e. The Morgan fingerprint density at radius 1 is 1.29 bits per heavy atom. The number of methoxy groups -OCH3 is 1. The average Bonchev–Trinajstić information content (AvgIpc) is 2.79. The lowest BCUT2D eigenvalue weighted by atomic mass is 9.69. The van der Waals surface area contributed by atoms with Gasteiger partial charge in [0.2, 0.25) is 11.8 Å². The van der Waals surface area contributed by atoms with E-state index in [1.54, 1.807) is 7.11 Å². The number of fused-ring (bicyclic) bond motifs is 2. The Bertz CT molecular complexity index is 656. The van der Waals surface area contributed by atoms with E-state index in [-0.39, 0.29) is 11.8 Å². The standard InChI is InChI=1S/C19H26N2O3/c1-20(2)10-5-11-21-17(22)13-19(18(21)23)9-4-6-14-7-8-15(24-3)12-16(14)19/h7-8,12H,4-6,9-11,13H2,1-3H3. The molecule has 3 rings (SSSR count). The van der Waals surface area contributed by atoms with Gasteiger partial charge in [-0.2, -0.15) is 0 Å². The Labute approximate surface area is 143 Å². The second kappa shape index (κ2) is 6.55. The first kappa shape index (κ1) is 17.0. The van der Waals surface area contributed by atoms with E-state index in [4.69, 9.17) is 4.74 Å². The topological polar surface area (TPSA) is 49.9 Å². The zero-order chi connectivity index (χ0) is 17.3. The second-order valence-corrected chi connectivity index (χ2v) is 7.14. The van der Waals surface area contributed by atoms with Gasteiger partial charge in [-0.3, -0.25) is 14.5 Å². The molecule has 0 N–H and O–H groups in total. The fourth-order valence-electron chi connectivity index (χ4n) is 4.04. The number of aryl methyl sites for hydroxylation is 1. The highest BCUT2D eigenvalue weighted by molar-refractivity contribution is 6.09. The largest absolute Gasteiger partial charge is 0.497 e. The van der Waals surface area contributed by atoms with Crippen LogP contribution in [0.1, 0.15) is 36.8 Å². The van der Waals surface area contributed by atoms with Crippen molar-refractivity contribution in [3.63, 3.8) is 0 Å². The molecule has 2 amide bonds. The molecule has 1 aromatic rings. The minimum atomic E-state index is -0.669. The molecule has 24 heavy (non-hydrogen) atoms. The summed E-state index contributed by atoms with van der Waals surface area (Å²) in [6.45, 7) is 1.38. The number of rotatable bonds is 5. The molecule has 1 aliphatic carbocycles. The molecule has 0 radical (unpaired) electrons. The molecular formula is C19H26N2O3. The van der Waals surface area contributed by atoms with E-state index in [9.17, 15) is 9.59 Å². The smallest absolute Gasteiger partial charge is 0.240 e. The fourth-order valence-corrected chi connectivity index (χ4v) is 4.04. The van der Waals surface area contributed by atoms with E-state index < -0.39 is 5.41 Å². The normalized spacial score (nSPS) is 23.2. The number of nitrogens with zero attached hydrogens (tertiary/aromatic N) is 2. The Kier molecular flexibility index (Phi) is 4.63. The van der Waals surface area contributed by atoms with Crippen molar-refractivity contribution in [1.29, 1.82) is 0 Å². The maximum absolute atomic E-state index is 13.2. The van der Waals surface area contributed by atoms with E-state index >= 15 is 0 Å². The summed E-state index contributed by atoms with van der Waals surface area (Å²) < 4.78 is 5.35. The number of hydrogen-bond donors (Lipinski definition) is 0. The molecule has 2 aliphatic rings. The van der Waals surface area contributed by atoms with Crippen LogP contribution in [0.5, 0.6) is 5.75 Å². The number of benzene rings is 1. The monoisotopic (exact) mass is 330 g/mol. The predicted octanol–water partition coefficient (Wildman–Crippen LogP) is 1.98. The van der Waals surface area contributed by atoms with Gasteiger partial charge in [0.05, 0.1) is 12.5 Å². The summed E-state index contributed by atoms with van der Waals surface area (Å²) in [7, 11) is 5.63. The van der Waals surface area contributed by atoms with E-state index in [2.05, 4.69) is 4.90 Å². The molecule has 1 spiro atoms. The van der Waals surface area contributed by atoms with E-state index in [1.165, 1.54) is 10.5 Å². The van der Waals surface area contributed by atoms with Gasteiger partial charge < -0.3 is 9.64 Å². The van der Waals surface area contributed by atoms with Crippen LogP contribution in [0.25, 0.3) is 0 Å². The van der Waals surface area contributed by atoms with Crippen LogP contribution in [0.3, 0.4) is 0 Å². The van der Waals surface area contributed by atoms with Crippen LogP contribution in [0.2, 0.25) is 0 Å². The van der Waals surface area contributed by atoms with E-state index in [0.717, 1.165) is 43.5 Å². The third kappa shape index (κ3) is 2.81. The van der Waals surface area contributed by atoms with E-state index in [0.29, 0.717) is 13.0 Å². The molecule has 1 aliphatic heterocycles. The first-order valence-corrected chi connectivity index (χ1v) is 8.65. The van der Waals surface area contributed by atoms with Crippen molar-refractivity contribution in [2.45, 2.75) is 37.5 Å². The lowest BCUT2D eigenvalue weighted by molar-refractivity contribution is -0.140. The number of carbonyl (C=O) groups excluding carboxylic acids is 2. The number of hydrogen-bond acceptors (Lipinski definition) is 4. The molecule has 1 fully saturated rings. The van der Waals surface area contributed by atoms with Crippen molar-refractivity contribution >= 4 is 11.8 Å². The maximum atomic E-state index is 13.2. The Morgan fingerprint density at radius 2 is 2.08 bits per heavy atom. The van der Waals surface area contributed by atoms with Gasteiger partial charge >= 0.3 is 0 Å². The fraction of sp³-hybridized carbons (Fsp3) is 0.579. The van der Waals surface area contributed by atoms with Crippen molar-refractivity contribution in [1.82, 2.24) is 9.80 Å². The molecule has 130 valence electrons. The van der Waals surface area contributed by atoms with Crippen molar-refractivity contribution < 1.29 is 14.3 Å². The van der Waals surface area contributed by atoms with Crippen molar-refractivity contribution in [2.75, 3.05) is 34.3 Å². The SMILES string of the molecule is COc1ccc2c(c1)C1(CCC2)CC(=O)N(CCCN(C)C)C1=O. The van der Waals surface area contributed by atoms with Crippen LogP contribution in [0, 0.1) is 0 Å². The third-order valence-corrected chi connectivity index (χ3v) is 5.28. The van der Waals surface area contributed by atoms with Gasteiger partial charge in [0.1, 0.15) is 5.75 Å². The second-order valence-electron chi connectivity index (χ2n) is 7.14. The summed E-state index contributed by atoms with van der Waals surface area (Å²) in [5, 5.41) is 0. The molecule has 1 unspecified atom stereocenters. The quantitative estimate of drug-likeness (QED) is 0.775. The zero-order valence-electron chi connectivity index (χ0n) is 14.8. The van der Waals surface area contributed by atoms with Crippen molar-refractivity contribution in [3.8, 4) is 5.75 Å². The number of amides is 2. The highest BCUT2D eigenvalue weighted by Crippen LogP contribution is 2.46. The molecule has 0 bridgehead atoms. The Balaban J connectivity index is 1.89. The molecule has 1 atom stereocenters. The lowest BCUT2D eigenvalue weighted by Gasteiger charge is -2.33. The number of ether oxygens (including phenoxy) is 1. The predicted molar refractivity (Wildman–Crippen MR) is 92.1 cm³/mol. The highest BCUT2D eigenvalue weighted by atomic mass is 16.5. The van der Waals surface area contributed by atoms with Gasteiger partial charge in [0.25, 0.3) is 0 Å². The van der Waals surface area contributed by atoms with Gasteiger partial charge in [-0.15, -0.1) is 0 Å². The number of imide groups is 1. The first-order chi connectivity index (χ1) is 11.5. The lowest BCUT2D eigenvalue weighted by Crippen LogP contribution is -2.41. The maximum Gasteiger partial charge on any atom is 0.240 e. The molecular weight excluding hydrogens is 304 g/mol. The Morgan fingerprint density at radius 3 is 2.79 bits per heavy atom. The Hall–Kier alpha value is -1.88. The molecule has 5 heteroatoms. The molecule has 5 nitrogen and oxygen atoms in total. The summed E-state index contributed by atoms with van der Waals surface area (Å²) in [6.07, 6.45) is 3.77. The van der Waals surface area contributed by atoms with Crippen LogP contribution < -0.4 is 4.74 Å². The van der Waals surface area contributed by atoms with Crippen LogP contribution in [0.15, 0.2) is 18.2 Å². The van der Waals surface area contributed by atoms with Crippen LogP contribution in [0.4, 0.5) is 0 Å². The summed E-state index contributed by atoms with van der Waals surface area (Å²) in [6, 6.07) is 5.94. The van der Waals surface area contributed by atoms with Gasteiger partial charge in [-0.1, -0.05) is 6.07 Å². The van der Waals surface area contributed by atoms with Gasteiger partial charge in [-0.05, 0) is 69.6 Å². The van der Waals surface area contributed by atoms with Crippen LogP contribution in [-0.4, -0.2) is 55.9 Å². The third-order valence-electron chi connectivity index (χ3n) is 5.28. The number of likely N-dealkylation sites (tertiary alicyclic amines) is 1. The first-order valence-electron chi connectivity index (χ1n) is 8.65.